The van der Waals surface area contributed by atoms with E-state index in [0.717, 1.165) is 59.4 Å². The summed E-state index contributed by atoms with van der Waals surface area (Å²) in [6, 6.07) is 0. The molecule has 31 heavy (non-hydrogen) atoms. The van der Waals surface area contributed by atoms with E-state index in [1.54, 1.807) is 0 Å². The first-order valence-corrected chi connectivity index (χ1v) is 11.4. The van der Waals surface area contributed by atoms with Gasteiger partial charge in [-0.05, 0) is 32.6 Å². The highest BCUT2D eigenvalue weighted by atomic mass is 16.5. The molecule has 0 spiro atoms. The number of rotatable bonds is 3. The minimum Gasteiger partial charge on any atom is -0.370 e. The van der Waals surface area contributed by atoms with Crippen molar-refractivity contribution < 1.29 is 4.74 Å². The lowest BCUT2D eigenvalue weighted by Gasteiger charge is -2.33. The molecular weight excluding hydrogens is 390 g/mol. The monoisotopic (exact) mass is 421 g/mol. The molecule has 0 aromatic carbocycles. The normalized spacial score (nSPS) is 24.6. The summed E-state index contributed by atoms with van der Waals surface area (Å²) in [5.41, 5.74) is 5.63. The third-order valence-electron chi connectivity index (χ3n) is 6.81. The highest BCUT2D eigenvalue weighted by Crippen LogP contribution is 2.37. The van der Waals surface area contributed by atoms with Gasteiger partial charge >= 0.3 is 0 Å². The van der Waals surface area contributed by atoms with Crippen LogP contribution in [0.25, 0.3) is 11.2 Å². The Labute approximate surface area is 183 Å². The maximum atomic E-state index is 6.03. The van der Waals surface area contributed by atoms with E-state index < -0.39 is 0 Å². The molecule has 2 fully saturated rings. The molecule has 8 heteroatoms. The van der Waals surface area contributed by atoms with Crippen LogP contribution in [0, 0.1) is 19.8 Å². The van der Waals surface area contributed by atoms with Crippen LogP contribution in [0.4, 0.5) is 5.95 Å². The van der Waals surface area contributed by atoms with E-state index in [0.29, 0.717) is 24.7 Å². The van der Waals surface area contributed by atoms with Crippen molar-refractivity contribution in [3.63, 3.8) is 0 Å². The molecule has 2 aliphatic rings. The lowest BCUT2D eigenvalue weighted by molar-refractivity contribution is 0.0392. The molecule has 8 nitrogen and oxygen atoms in total. The maximum absolute atomic E-state index is 6.03. The summed E-state index contributed by atoms with van der Waals surface area (Å²) in [4.78, 5) is 21.9. The van der Waals surface area contributed by atoms with Crippen LogP contribution in [0.1, 0.15) is 67.3 Å². The summed E-state index contributed by atoms with van der Waals surface area (Å²) in [6.07, 6.45) is 8.65. The van der Waals surface area contributed by atoms with Gasteiger partial charge in [0.25, 0.3) is 0 Å². The molecule has 0 radical (unpaired) electrons. The molecule has 1 saturated carbocycles. The lowest BCUT2D eigenvalue weighted by Crippen LogP contribution is -2.39. The van der Waals surface area contributed by atoms with Crippen molar-refractivity contribution in [2.45, 2.75) is 58.5 Å². The van der Waals surface area contributed by atoms with Crippen molar-refractivity contribution in [3.8, 4) is 0 Å². The summed E-state index contributed by atoms with van der Waals surface area (Å²) in [5.74, 6) is 1.96. The fourth-order valence-electron chi connectivity index (χ4n) is 4.72. The average Bonchev–Trinajstić information content (AvgIpc) is 3.21. The number of anilines is 1. The number of hydrogen-bond donors (Lipinski definition) is 0. The molecule has 0 amide bonds. The minimum atomic E-state index is -0.0356. The fraction of sp³-hybridized carbons (Fsp3) is 0.609. The molecule has 1 atom stereocenters. The molecule has 1 aliphatic heterocycles. The van der Waals surface area contributed by atoms with E-state index in [4.69, 9.17) is 24.7 Å². The van der Waals surface area contributed by atoms with Crippen molar-refractivity contribution in [3.05, 3.63) is 35.0 Å². The number of aryl methyl sites for hydroxylation is 3. The van der Waals surface area contributed by atoms with Crippen LogP contribution in [0.5, 0.6) is 0 Å². The van der Waals surface area contributed by atoms with Crippen LogP contribution in [0.3, 0.4) is 0 Å². The second-order valence-corrected chi connectivity index (χ2v) is 9.19. The van der Waals surface area contributed by atoms with E-state index in [9.17, 15) is 0 Å². The Kier molecular flexibility index (Phi) is 5.33. The van der Waals surface area contributed by atoms with Gasteiger partial charge in [-0.1, -0.05) is 19.8 Å². The van der Waals surface area contributed by atoms with Gasteiger partial charge in [0.1, 0.15) is 11.6 Å². The smallest absolute Gasteiger partial charge is 0.227 e. The third kappa shape index (κ3) is 4.01. The largest absolute Gasteiger partial charge is 0.370 e. The first-order valence-electron chi connectivity index (χ1n) is 11.4. The van der Waals surface area contributed by atoms with Crippen LogP contribution in [0.15, 0.2) is 12.4 Å². The molecule has 5 rings (SSSR count). The van der Waals surface area contributed by atoms with Gasteiger partial charge in [-0.3, -0.25) is 4.68 Å². The zero-order valence-corrected chi connectivity index (χ0v) is 18.9. The first-order chi connectivity index (χ1) is 15.0. The number of nitrogens with zero attached hydrogens (tertiary/aromatic N) is 7. The van der Waals surface area contributed by atoms with Gasteiger partial charge < -0.3 is 9.64 Å². The SMILES string of the molecule is Cc1nc2nc(N3CCOC(c4cnn(C)c4)C3)nc(C3CCC(C)CC3)c2nc1C. The number of morpholine rings is 1. The van der Waals surface area contributed by atoms with Gasteiger partial charge in [0, 0.05) is 31.3 Å². The Balaban J connectivity index is 1.53. The molecule has 1 aliphatic carbocycles. The van der Waals surface area contributed by atoms with Gasteiger partial charge in [0.15, 0.2) is 5.65 Å². The summed E-state index contributed by atoms with van der Waals surface area (Å²) < 4.78 is 7.84. The molecule has 1 saturated heterocycles. The van der Waals surface area contributed by atoms with Gasteiger partial charge in [0.05, 0.1) is 36.4 Å². The highest BCUT2D eigenvalue weighted by molar-refractivity contribution is 5.75. The molecular formula is C23H31N7O. The predicted octanol–water partition coefficient (Wildman–Crippen LogP) is 3.64. The molecule has 1 unspecified atom stereocenters. The van der Waals surface area contributed by atoms with Crippen molar-refractivity contribution in [2.75, 3.05) is 24.6 Å². The lowest BCUT2D eigenvalue weighted by atomic mass is 9.81. The van der Waals surface area contributed by atoms with Gasteiger partial charge in [-0.25, -0.2) is 15.0 Å². The predicted molar refractivity (Wildman–Crippen MR) is 119 cm³/mol. The Morgan fingerprint density at radius 3 is 2.52 bits per heavy atom. The van der Waals surface area contributed by atoms with Crippen LogP contribution in [-0.2, 0) is 11.8 Å². The molecule has 4 heterocycles. The number of ether oxygens (including phenoxy) is 1. The Bertz CT molecular complexity index is 1090. The Hall–Kier alpha value is -2.61. The summed E-state index contributed by atoms with van der Waals surface area (Å²) >= 11 is 0. The van der Waals surface area contributed by atoms with E-state index >= 15 is 0 Å². The topological polar surface area (TPSA) is 81.9 Å². The van der Waals surface area contributed by atoms with E-state index in [-0.39, 0.29) is 6.10 Å². The van der Waals surface area contributed by atoms with Crippen molar-refractivity contribution in [1.29, 1.82) is 0 Å². The molecule has 0 bridgehead atoms. The van der Waals surface area contributed by atoms with Crippen LogP contribution in [-0.4, -0.2) is 49.4 Å². The maximum Gasteiger partial charge on any atom is 0.227 e. The van der Waals surface area contributed by atoms with Crippen molar-refractivity contribution >= 4 is 17.1 Å². The zero-order chi connectivity index (χ0) is 21.5. The van der Waals surface area contributed by atoms with Gasteiger partial charge in [-0.2, -0.15) is 10.1 Å². The average molecular weight is 422 g/mol. The number of hydrogen-bond acceptors (Lipinski definition) is 7. The first kappa shape index (κ1) is 20.3. The van der Waals surface area contributed by atoms with E-state index in [1.165, 1.54) is 12.8 Å². The fourth-order valence-corrected chi connectivity index (χ4v) is 4.72. The second-order valence-electron chi connectivity index (χ2n) is 9.19. The Morgan fingerprint density at radius 2 is 1.77 bits per heavy atom. The summed E-state index contributed by atoms with van der Waals surface area (Å²) in [6.45, 7) is 8.47. The third-order valence-corrected chi connectivity index (χ3v) is 6.81. The minimum absolute atomic E-state index is 0.0356. The van der Waals surface area contributed by atoms with Crippen molar-refractivity contribution in [1.82, 2.24) is 29.7 Å². The molecule has 3 aromatic heterocycles. The summed E-state index contributed by atoms with van der Waals surface area (Å²) in [5, 5.41) is 4.30. The van der Waals surface area contributed by atoms with Gasteiger partial charge in [-0.15, -0.1) is 0 Å². The zero-order valence-electron chi connectivity index (χ0n) is 18.9. The van der Waals surface area contributed by atoms with Crippen LogP contribution in [0.2, 0.25) is 0 Å². The number of fused-ring (bicyclic) bond motifs is 1. The highest BCUT2D eigenvalue weighted by Gasteiger charge is 2.29. The quantitative estimate of drug-likeness (QED) is 0.638. The van der Waals surface area contributed by atoms with E-state index in [2.05, 4.69) is 16.9 Å². The summed E-state index contributed by atoms with van der Waals surface area (Å²) in [7, 11) is 1.93. The van der Waals surface area contributed by atoms with E-state index in [1.807, 2.05) is 38.0 Å². The van der Waals surface area contributed by atoms with Crippen LogP contribution >= 0.6 is 0 Å². The second kappa shape index (κ2) is 8.15. The number of aromatic nitrogens is 6. The van der Waals surface area contributed by atoms with Crippen LogP contribution < -0.4 is 4.90 Å². The molecule has 0 N–H and O–H groups in total. The standard InChI is InChI=1S/C23H31N7O/c1-14-5-7-17(8-6-14)20-21-22(26-16(3)15(2)25-21)28-23(27-20)30-9-10-31-19(13-30)18-11-24-29(4)12-18/h11-12,14,17,19H,5-10,13H2,1-4H3. The molecule has 164 valence electrons. The van der Waals surface area contributed by atoms with Crippen molar-refractivity contribution in [2.24, 2.45) is 13.0 Å². The Morgan fingerprint density at radius 1 is 1.00 bits per heavy atom. The molecule has 3 aromatic rings. The van der Waals surface area contributed by atoms with Gasteiger partial charge in [0.2, 0.25) is 5.95 Å².